The number of aliphatic hydroxyl groups is 5. The van der Waals surface area contributed by atoms with E-state index in [2.05, 4.69) is 10.3 Å². The third-order valence-corrected chi connectivity index (χ3v) is 5.09. The van der Waals surface area contributed by atoms with Crippen molar-refractivity contribution in [3.63, 3.8) is 0 Å². The number of hydrogen-bond acceptors (Lipinski definition) is 10. The van der Waals surface area contributed by atoms with Crippen molar-refractivity contribution in [3.05, 3.63) is 11.9 Å². The van der Waals surface area contributed by atoms with Crippen LogP contribution in [0.15, 0.2) is 6.20 Å². The summed E-state index contributed by atoms with van der Waals surface area (Å²) in [6, 6.07) is 0. The van der Waals surface area contributed by atoms with Crippen molar-refractivity contribution in [2.75, 3.05) is 19.0 Å². The van der Waals surface area contributed by atoms with Crippen LogP contribution >= 0.6 is 11.8 Å². The monoisotopic (exact) mass is 393 g/mol. The Bertz CT molecular complexity index is 531. The van der Waals surface area contributed by atoms with Crippen molar-refractivity contribution in [1.82, 2.24) is 15.0 Å². The Kier molecular flexibility index (Phi) is 8.70. The third kappa shape index (κ3) is 6.13. The van der Waals surface area contributed by atoms with Gasteiger partial charge in [0.2, 0.25) is 0 Å². The second kappa shape index (κ2) is 10.5. The second-order valence-electron chi connectivity index (χ2n) is 6.26. The van der Waals surface area contributed by atoms with Crippen LogP contribution in [0.5, 0.6) is 0 Å². The van der Waals surface area contributed by atoms with E-state index in [1.165, 1.54) is 11.8 Å². The van der Waals surface area contributed by atoms with Gasteiger partial charge in [-0.05, 0) is 19.1 Å². The second-order valence-corrected chi connectivity index (χ2v) is 7.46. The molecule has 5 N–H and O–H groups in total. The van der Waals surface area contributed by atoms with Crippen molar-refractivity contribution >= 4 is 11.8 Å². The lowest BCUT2D eigenvalue weighted by Crippen LogP contribution is -2.57. The molecule has 1 saturated heterocycles. The maximum absolute atomic E-state index is 9.93. The van der Waals surface area contributed by atoms with E-state index in [1.54, 1.807) is 17.8 Å². The molecule has 1 aromatic rings. The number of aliphatic hydroxyl groups excluding tert-OH is 5. The third-order valence-electron chi connectivity index (χ3n) is 3.85. The van der Waals surface area contributed by atoms with E-state index in [-0.39, 0.29) is 0 Å². The van der Waals surface area contributed by atoms with Gasteiger partial charge in [-0.15, -0.1) is 16.9 Å². The molecular formula is C15H27N3O7S. The Balaban J connectivity index is 1.62. The standard InChI is InChI=1S/C15H27N3O7S/c1-9(20)5-18-6-10(16-17-18)8-24-3-2-4-26-15-14(23)13(22)12(21)11(7-19)25-15/h6,9,11-15,19-23H,2-5,7-8H2,1H3/t9-,11?,12?,13?,14?,15?/m0/s1. The molecule has 5 unspecified atom stereocenters. The average molecular weight is 393 g/mol. The number of nitrogens with zero attached hydrogens (tertiary/aromatic N) is 3. The highest BCUT2D eigenvalue weighted by Gasteiger charge is 2.43. The van der Waals surface area contributed by atoms with Crippen LogP contribution < -0.4 is 0 Å². The molecule has 0 amide bonds. The van der Waals surface area contributed by atoms with Gasteiger partial charge in [0.05, 0.1) is 32.1 Å². The fourth-order valence-corrected chi connectivity index (χ4v) is 3.60. The van der Waals surface area contributed by atoms with E-state index >= 15 is 0 Å². The summed E-state index contributed by atoms with van der Waals surface area (Å²) in [5.41, 5.74) is -0.0434. The Hall–Kier alpha value is -0.790. The smallest absolute Gasteiger partial charge is 0.132 e. The molecule has 0 bridgehead atoms. The topological polar surface area (TPSA) is 150 Å². The van der Waals surface area contributed by atoms with Crippen molar-refractivity contribution in [2.45, 2.75) is 62.5 Å². The molecule has 26 heavy (non-hydrogen) atoms. The van der Waals surface area contributed by atoms with Gasteiger partial charge in [0.15, 0.2) is 0 Å². The molecule has 1 aromatic heterocycles. The van der Waals surface area contributed by atoms with E-state index in [1.807, 2.05) is 0 Å². The van der Waals surface area contributed by atoms with Crippen molar-refractivity contribution in [3.8, 4) is 0 Å². The predicted molar refractivity (Wildman–Crippen MR) is 92.2 cm³/mol. The summed E-state index contributed by atoms with van der Waals surface area (Å²) >= 11 is 1.29. The fourth-order valence-electron chi connectivity index (χ4n) is 2.51. The van der Waals surface area contributed by atoms with Gasteiger partial charge < -0.3 is 35.0 Å². The van der Waals surface area contributed by atoms with Crippen LogP contribution in [-0.4, -0.2) is 95.4 Å². The van der Waals surface area contributed by atoms with E-state index in [9.17, 15) is 20.4 Å². The van der Waals surface area contributed by atoms with E-state index in [4.69, 9.17) is 14.6 Å². The van der Waals surface area contributed by atoms with E-state index < -0.39 is 42.6 Å². The summed E-state index contributed by atoms with van der Waals surface area (Å²) in [4.78, 5) is 0. The first kappa shape index (κ1) is 21.5. The first-order valence-electron chi connectivity index (χ1n) is 8.49. The van der Waals surface area contributed by atoms with Crippen LogP contribution in [0.25, 0.3) is 0 Å². The largest absolute Gasteiger partial charge is 0.394 e. The van der Waals surface area contributed by atoms with Gasteiger partial charge >= 0.3 is 0 Å². The molecule has 11 heteroatoms. The Morgan fingerprint density at radius 2 is 2.08 bits per heavy atom. The molecule has 1 fully saturated rings. The number of rotatable bonds is 10. The zero-order valence-electron chi connectivity index (χ0n) is 14.6. The van der Waals surface area contributed by atoms with Crippen LogP contribution in [0, 0.1) is 0 Å². The quantitative estimate of drug-likeness (QED) is 0.285. The molecule has 2 rings (SSSR count). The minimum absolute atomic E-state index is 0.310. The van der Waals surface area contributed by atoms with Crippen molar-refractivity contribution in [2.24, 2.45) is 0 Å². The Labute approximate surface area is 155 Å². The molecule has 0 spiro atoms. The van der Waals surface area contributed by atoms with E-state index in [0.717, 1.165) is 0 Å². The minimum atomic E-state index is -1.35. The highest BCUT2D eigenvalue weighted by atomic mass is 32.2. The highest BCUT2D eigenvalue weighted by molar-refractivity contribution is 7.99. The Morgan fingerprint density at radius 1 is 1.31 bits per heavy atom. The van der Waals surface area contributed by atoms with Crippen LogP contribution in [0.3, 0.4) is 0 Å². The summed E-state index contributed by atoms with van der Waals surface area (Å²) in [5.74, 6) is 0.609. The molecule has 10 nitrogen and oxygen atoms in total. The van der Waals surface area contributed by atoms with Crippen LogP contribution in [0.2, 0.25) is 0 Å². The molecule has 2 heterocycles. The van der Waals surface area contributed by atoms with E-state index in [0.29, 0.717) is 37.6 Å². The summed E-state index contributed by atoms with van der Waals surface area (Å²) in [7, 11) is 0. The number of thioether (sulfide) groups is 1. The van der Waals surface area contributed by atoms with Crippen molar-refractivity contribution < 1.29 is 35.0 Å². The summed E-state index contributed by atoms with van der Waals surface area (Å²) in [6.07, 6.45) is -2.88. The van der Waals surface area contributed by atoms with Gasteiger partial charge in [-0.1, -0.05) is 5.21 Å². The van der Waals surface area contributed by atoms with Gasteiger partial charge in [-0.25, -0.2) is 4.68 Å². The maximum Gasteiger partial charge on any atom is 0.132 e. The zero-order chi connectivity index (χ0) is 19.1. The number of ether oxygens (including phenoxy) is 2. The zero-order valence-corrected chi connectivity index (χ0v) is 15.4. The highest BCUT2D eigenvalue weighted by Crippen LogP contribution is 2.28. The molecular weight excluding hydrogens is 366 g/mol. The molecule has 0 aromatic carbocycles. The lowest BCUT2D eigenvalue weighted by Gasteiger charge is -2.39. The molecule has 150 valence electrons. The van der Waals surface area contributed by atoms with Crippen molar-refractivity contribution in [1.29, 1.82) is 0 Å². The van der Waals surface area contributed by atoms with Gasteiger partial charge in [0.1, 0.15) is 35.5 Å². The fraction of sp³-hybridized carbons (Fsp3) is 0.867. The van der Waals surface area contributed by atoms with Crippen LogP contribution in [0.4, 0.5) is 0 Å². The molecule has 6 atom stereocenters. The van der Waals surface area contributed by atoms with Gasteiger partial charge in [0, 0.05) is 6.61 Å². The normalized spacial score (nSPS) is 30.5. The lowest BCUT2D eigenvalue weighted by molar-refractivity contribution is -0.205. The maximum atomic E-state index is 9.93. The van der Waals surface area contributed by atoms with Gasteiger partial charge in [0.25, 0.3) is 0 Å². The van der Waals surface area contributed by atoms with Gasteiger partial charge in [-0.3, -0.25) is 0 Å². The molecule has 1 aliphatic heterocycles. The van der Waals surface area contributed by atoms with Gasteiger partial charge in [-0.2, -0.15) is 0 Å². The molecule has 0 radical (unpaired) electrons. The summed E-state index contributed by atoms with van der Waals surface area (Å²) in [5, 5.41) is 55.7. The summed E-state index contributed by atoms with van der Waals surface area (Å²) < 4.78 is 12.5. The number of aromatic nitrogens is 3. The minimum Gasteiger partial charge on any atom is -0.394 e. The average Bonchev–Trinajstić information content (AvgIpc) is 3.04. The predicted octanol–water partition coefficient (Wildman–Crippen LogP) is -1.90. The van der Waals surface area contributed by atoms with Crippen LogP contribution in [0.1, 0.15) is 19.0 Å². The van der Waals surface area contributed by atoms with Crippen LogP contribution in [-0.2, 0) is 22.6 Å². The first-order valence-corrected chi connectivity index (χ1v) is 9.54. The SMILES string of the molecule is C[C@H](O)Cn1cc(COCCCSC2OC(CO)C(O)C(O)C2O)nn1. The molecule has 0 aliphatic carbocycles. The Morgan fingerprint density at radius 3 is 2.77 bits per heavy atom. The molecule has 1 aliphatic rings. The lowest BCUT2D eigenvalue weighted by atomic mass is 10.0. The number of hydrogen-bond donors (Lipinski definition) is 5. The first-order chi connectivity index (χ1) is 12.4. The summed E-state index contributed by atoms with van der Waals surface area (Å²) in [6.45, 7) is 2.40. The molecule has 0 saturated carbocycles.